The summed E-state index contributed by atoms with van der Waals surface area (Å²) in [5, 5.41) is 16.3. The molecule has 2 N–H and O–H groups in total. The summed E-state index contributed by atoms with van der Waals surface area (Å²) in [6.07, 6.45) is 29.0. The van der Waals surface area contributed by atoms with E-state index in [1.165, 1.54) is 122 Å². The van der Waals surface area contributed by atoms with Crippen molar-refractivity contribution in [1.82, 2.24) is 0 Å². The molecule has 0 amide bonds. The average Bonchev–Trinajstić information content (AvgIpc) is 2.70. The molecule has 0 unspecified atom stereocenters. The van der Waals surface area contributed by atoms with Crippen molar-refractivity contribution in [3.8, 4) is 0 Å². The predicted octanol–water partition coefficient (Wildman–Crippen LogP) is 8.06. The van der Waals surface area contributed by atoms with Gasteiger partial charge in [0.25, 0.3) is 0 Å². The lowest BCUT2D eigenvalue weighted by Gasteiger charge is -2.03. The van der Waals surface area contributed by atoms with Crippen molar-refractivity contribution in [2.24, 2.45) is 0 Å². The van der Waals surface area contributed by atoms with Gasteiger partial charge in [-0.25, -0.2) is 4.79 Å². The fraction of sp³-hybridized carbons (Fsp3) is 0.880. The fourth-order valence-electron chi connectivity index (χ4n) is 3.37. The highest BCUT2D eigenvalue weighted by Gasteiger charge is 1.95. The Bertz CT molecular complexity index is 282. The van der Waals surface area contributed by atoms with E-state index >= 15 is 0 Å². The third kappa shape index (κ3) is 32.8. The van der Waals surface area contributed by atoms with E-state index in [2.05, 4.69) is 13.5 Å². The highest BCUT2D eigenvalue weighted by Crippen LogP contribution is 2.14. The minimum atomic E-state index is -0.981. The number of rotatable bonds is 21. The molecular formula is C25H50O3. The van der Waals surface area contributed by atoms with Crippen LogP contribution in [0.5, 0.6) is 0 Å². The van der Waals surface area contributed by atoms with Gasteiger partial charge in [0.05, 0.1) is 0 Å². The van der Waals surface area contributed by atoms with E-state index in [1.807, 2.05) is 0 Å². The molecule has 3 nitrogen and oxygen atoms in total. The maximum absolute atomic E-state index is 9.25. The number of carboxylic acids is 1. The predicted molar refractivity (Wildman–Crippen MR) is 123 cm³/mol. The summed E-state index contributed by atoms with van der Waals surface area (Å²) < 4.78 is 0. The van der Waals surface area contributed by atoms with Gasteiger partial charge < -0.3 is 10.2 Å². The molecule has 0 aromatic rings. The molecule has 0 heterocycles. The number of carbonyl (C=O) groups is 1. The van der Waals surface area contributed by atoms with Crippen LogP contribution in [0.15, 0.2) is 12.7 Å². The minimum absolute atomic E-state index is 0.374. The Morgan fingerprint density at radius 1 is 0.607 bits per heavy atom. The summed E-state index contributed by atoms with van der Waals surface area (Å²) in [5.74, 6) is -0.981. The summed E-state index contributed by atoms with van der Waals surface area (Å²) in [6, 6.07) is 0. The summed E-state index contributed by atoms with van der Waals surface area (Å²) in [7, 11) is 0. The van der Waals surface area contributed by atoms with Gasteiger partial charge in [0.2, 0.25) is 0 Å². The van der Waals surface area contributed by atoms with Crippen LogP contribution in [0, 0.1) is 0 Å². The number of aliphatic hydroxyl groups is 1. The molecular weight excluding hydrogens is 348 g/mol. The van der Waals surface area contributed by atoms with Crippen LogP contribution in [0.25, 0.3) is 0 Å². The number of aliphatic carboxylic acids is 1. The average molecular weight is 399 g/mol. The summed E-state index contributed by atoms with van der Waals surface area (Å²) in [5.41, 5.74) is 0. The van der Waals surface area contributed by atoms with E-state index in [0.717, 1.165) is 12.5 Å². The van der Waals surface area contributed by atoms with Crippen LogP contribution < -0.4 is 0 Å². The summed E-state index contributed by atoms with van der Waals surface area (Å²) in [4.78, 5) is 9.25. The molecule has 0 aliphatic heterocycles. The molecule has 0 fully saturated rings. The molecule has 0 aliphatic carbocycles. The van der Waals surface area contributed by atoms with Crippen LogP contribution in [0.2, 0.25) is 0 Å². The molecule has 0 saturated heterocycles. The van der Waals surface area contributed by atoms with E-state index in [1.54, 1.807) is 0 Å². The Hall–Kier alpha value is -0.830. The first-order valence-electron chi connectivity index (χ1n) is 12.1. The second-order valence-electron chi connectivity index (χ2n) is 7.98. The number of hydrogen-bond acceptors (Lipinski definition) is 2. The number of hydrogen-bond donors (Lipinski definition) is 2. The fourth-order valence-corrected chi connectivity index (χ4v) is 3.37. The van der Waals surface area contributed by atoms with Gasteiger partial charge in [-0.15, -0.1) is 0 Å². The van der Waals surface area contributed by atoms with Crippen molar-refractivity contribution < 1.29 is 15.0 Å². The third-order valence-corrected chi connectivity index (χ3v) is 5.19. The quantitative estimate of drug-likeness (QED) is 0.152. The zero-order valence-electron chi connectivity index (χ0n) is 18.9. The van der Waals surface area contributed by atoms with Crippen molar-refractivity contribution in [3.05, 3.63) is 12.7 Å². The molecule has 0 aromatic heterocycles. The summed E-state index contributed by atoms with van der Waals surface area (Å²) >= 11 is 0. The van der Waals surface area contributed by atoms with Gasteiger partial charge in [-0.3, -0.25) is 0 Å². The Morgan fingerprint density at radius 3 is 1.00 bits per heavy atom. The molecule has 3 heteroatoms. The van der Waals surface area contributed by atoms with Gasteiger partial charge in [-0.1, -0.05) is 135 Å². The Morgan fingerprint density at radius 2 is 0.821 bits per heavy atom. The lowest BCUT2D eigenvalue weighted by molar-refractivity contribution is -0.131. The third-order valence-electron chi connectivity index (χ3n) is 5.19. The van der Waals surface area contributed by atoms with E-state index in [-0.39, 0.29) is 0 Å². The minimum Gasteiger partial charge on any atom is -0.478 e. The van der Waals surface area contributed by atoms with Crippen LogP contribution in [0.1, 0.15) is 135 Å². The van der Waals surface area contributed by atoms with Crippen LogP contribution in [-0.4, -0.2) is 22.8 Å². The normalized spacial score (nSPS) is 10.4. The Kier molecular flexibility index (Phi) is 29.8. The maximum Gasteiger partial charge on any atom is 0.327 e. The zero-order chi connectivity index (χ0) is 21.1. The Labute approximate surface area is 176 Å². The van der Waals surface area contributed by atoms with E-state index in [9.17, 15) is 4.79 Å². The molecule has 0 radical (unpaired) electrons. The monoisotopic (exact) mass is 398 g/mol. The number of unbranched alkanes of at least 4 members (excludes halogenated alkanes) is 19. The number of aliphatic hydroxyl groups excluding tert-OH is 1. The van der Waals surface area contributed by atoms with Crippen molar-refractivity contribution in [3.63, 3.8) is 0 Å². The van der Waals surface area contributed by atoms with Gasteiger partial charge in [-0.2, -0.15) is 0 Å². The molecule has 0 atom stereocenters. The van der Waals surface area contributed by atoms with Crippen LogP contribution in [0.3, 0.4) is 0 Å². The lowest BCUT2D eigenvalue weighted by Crippen LogP contribution is -1.85. The van der Waals surface area contributed by atoms with Gasteiger partial charge in [-0.05, 0) is 6.42 Å². The highest BCUT2D eigenvalue weighted by atomic mass is 16.4. The first kappa shape index (κ1) is 29.4. The second-order valence-corrected chi connectivity index (χ2v) is 7.98. The van der Waals surface area contributed by atoms with Crippen LogP contribution in [-0.2, 0) is 4.79 Å². The summed E-state index contributed by atoms with van der Waals surface area (Å²) in [6.45, 7) is 5.63. The van der Waals surface area contributed by atoms with E-state index in [4.69, 9.17) is 10.2 Å². The highest BCUT2D eigenvalue weighted by molar-refractivity contribution is 5.78. The molecule has 0 aromatic carbocycles. The lowest BCUT2D eigenvalue weighted by atomic mass is 10.0. The molecule has 0 bridgehead atoms. The van der Waals surface area contributed by atoms with Gasteiger partial charge in [0.15, 0.2) is 0 Å². The van der Waals surface area contributed by atoms with Crippen LogP contribution >= 0.6 is 0 Å². The standard InChI is InChI=1S/C22H46O.C3H4O2/c1-2-3-4-5-6-7-8-9-10-11-12-13-14-15-16-17-18-19-20-21-22-23;1-2-3(4)5/h23H,2-22H2,1H3;2H,1H2,(H,4,5). The molecule has 28 heavy (non-hydrogen) atoms. The zero-order valence-corrected chi connectivity index (χ0v) is 18.9. The largest absolute Gasteiger partial charge is 0.478 e. The van der Waals surface area contributed by atoms with Crippen molar-refractivity contribution in [2.45, 2.75) is 135 Å². The van der Waals surface area contributed by atoms with Crippen molar-refractivity contribution in [1.29, 1.82) is 0 Å². The molecule has 0 saturated carbocycles. The topological polar surface area (TPSA) is 57.5 Å². The van der Waals surface area contributed by atoms with Gasteiger partial charge in [0, 0.05) is 12.7 Å². The van der Waals surface area contributed by atoms with Crippen molar-refractivity contribution in [2.75, 3.05) is 6.61 Å². The van der Waals surface area contributed by atoms with Gasteiger partial charge >= 0.3 is 5.97 Å². The SMILES string of the molecule is C=CC(=O)O.CCCCCCCCCCCCCCCCCCCCCCO. The Balaban J connectivity index is 0. The van der Waals surface area contributed by atoms with E-state index in [0.29, 0.717) is 6.61 Å². The molecule has 0 rings (SSSR count). The molecule has 168 valence electrons. The molecule has 0 aliphatic rings. The second kappa shape index (κ2) is 28.4. The first-order chi connectivity index (χ1) is 13.7. The smallest absolute Gasteiger partial charge is 0.327 e. The first-order valence-corrected chi connectivity index (χ1v) is 12.1. The maximum atomic E-state index is 9.25. The van der Waals surface area contributed by atoms with Crippen molar-refractivity contribution >= 4 is 5.97 Å². The van der Waals surface area contributed by atoms with E-state index < -0.39 is 5.97 Å². The van der Waals surface area contributed by atoms with Gasteiger partial charge in [0.1, 0.15) is 0 Å². The number of carboxylic acid groups (broad SMARTS) is 1. The molecule has 0 spiro atoms. The van der Waals surface area contributed by atoms with Crippen LogP contribution in [0.4, 0.5) is 0 Å².